The predicted molar refractivity (Wildman–Crippen MR) is 86.4 cm³/mol. The first-order chi connectivity index (χ1) is 10.8. The first kappa shape index (κ1) is 14.4. The van der Waals surface area contributed by atoms with Gasteiger partial charge in [0.25, 0.3) is 0 Å². The molecule has 2 aromatic rings. The largest absolute Gasteiger partial charge is 0.396 e. The van der Waals surface area contributed by atoms with Gasteiger partial charge in [-0.2, -0.15) is 0 Å². The van der Waals surface area contributed by atoms with E-state index in [1.807, 2.05) is 42.0 Å². The fourth-order valence-electron chi connectivity index (χ4n) is 2.03. The van der Waals surface area contributed by atoms with Crippen LogP contribution < -0.4 is 0 Å². The van der Waals surface area contributed by atoms with Crippen LogP contribution in [0.5, 0.6) is 0 Å². The standard InChI is InChI=1S/C18H19N3O/c1-2-22-20-18(13-21-12-11-19-14-21)17-9-7-16(8-10-17)6-5-15-3-4-15/h7-12,14-15H,2-4,13H2,1H3. The topological polar surface area (TPSA) is 39.4 Å². The van der Waals surface area contributed by atoms with E-state index in [2.05, 4.69) is 22.0 Å². The third kappa shape index (κ3) is 3.98. The maximum absolute atomic E-state index is 5.24. The van der Waals surface area contributed by atoms with E-state index in [1.165, 1.54) is 12.8 Å². The van der Waals surface area contributed by atoms with E-state index in [0.29, 0.717) is 19.1 Å². The number of aromatic nitrogens is 2. The molecule has 112 valence electrons. The van der Waals surface area contributed by atoms with Crippen LogP contribution in [-0.2, 0) is 11.4 Å². The van der Waals surface area contributed by atoms with Crippen molar-refractivity contribution in [3.8, 4) is 11.8 Å². The smallest absolute Gasteiger partial charge is 0.114 e. The molecule has 1 aliphatic rings. The molecule has 1 aromatic heterocycles. The van der Waals surface area contributed by atoms with Gasteiger partial charge in [-0.05, 0) is 31.9 Å². The van der Waals surface area contributed by atoms with Gasteiger partial charge >= 0.3 is 0 Å². The van der Waals surface area contributed by atoms with Crippen molar-refractivity contribution in [2.75, 3.05) is 6.61 Å². The average Bonchev–Trinajstić information content (AvgIpc) is 3.25. The zero-order valence-corrected chi connectivity index (χ0v) is 12.7. The number of hydrogen-bond acceptors (Lipinski definition) is 3. The molecule has 4 heteroatoms. The lowest BCUT2D eigenvalue weighted by Crippen LogP contribution is -2.11. The molecule has 1 saturated carbocycles. The lowest BCUT2D eigenvalue weighted by Gasteiger charge is -2.07. The molecule has 22 heavy (non-hydrogen) atoms. The Balaban J connectivity index is 1.76. The van der Waals surface area contributed by atoms with Crippen LogP contribution in [0.2, 0.25) is 0 Å². The molecule has 0 N–H and O–H groups in total. The Morgan fingerprint density at radius 1 is 1.36 bits per heavy atom. The van der Waals surface area contributed by atoms with Crippen molar-refractivity contribution in [3.05, 3.63) is 54.1 Å². The molecule has 0 amide bonds. The summed E-state index contributed by atoms with van der Waals surface area (Å²) in [5.74, 6) is 7.12. The van der Waals surface area contributed by atoms with Crippen LogP contribution in [0, 0.1) is 17.8 Å². The van der Waals surface area contributed by atoms with Crippen molar-refractivity contribution in [3.63, 3.8) is 0 Å². The van der Waals surface area contributed by atoms with E-state index in [0.717, 1.165) is 16.8 Å². The van der Waals surface area contributed by atoms with E-state index in [4.69, 9.17) is 4.84 Å². The summed E-state index contributed by atoms with van der Waals surface area (Å²) in [4.78, 5) is 9.30. The Hall–Kier alpha value is -2.54. The van der Waals surface area contributed by atoms with Crippen LogP contribution >= 0.6 is 0 Å². The molecule has 4 nitrogen and oxygen atoms in total. The Bertz CT molecular complexity index is 686. The molecular weight excluding hydrogens is 274 g/mol. The van der Waals surface area contributed by atoms with E-state index in [-0.39, 0.29) is 0 Å². The number of hydrogen-bond donors (Lipinski definition) is 0. The summed E-state index contributed by atoms with van der Waals surface area (Å²) >= 11 is 0. The highest BCUT2D eigenvalue weighted by atomic mass is 16.6. The second-order valence-electron chi connectivity index (χ2n) is 5.31. The number of oxime groups is 1. The second kappa shape index (κ2) is 6.95. The van der Waals surface area contributed by atoms with Crippen LogP contribution in [0.4, 0.5) is 0 Å². The van der Waals surface area contributed by atoms with E-state index in [9.17, 15) is 0 Å². The molecule has 0 bridgehead atoms. The zero-order chi connectivity index (χ0) is 15.2. The predicted octanol–water partition coefficient (Wildman–Crippen LogP) is 3.09. The highest BCUT2D eigenvalue weighted by Crippen LogP contribution is 2.27. The summed E-state index contributed by atoms with van der Waals surface area (Å²) < 4.78 is 1.97. The van der Waals surface area contributed by atoms with Crippen LogP contribution in [0.15, 0.2) is 48.1 Å². The first-order valence-electron chi connectivity index (χ1n) is 7.61. The summed E-state index contributed by atoms with van der Waals surface area (Å²) in [5, 5.41) is 4.23. The fraction of sp³-hybridized carbons (Fsp3) is 0.333. The van der Waals surface area contributed by atoms with Gasteiger partial charge in [0.2, 0.25) is 0 Å². The molecular formula is C18H19N3O. The van der Waals surface area contributed by atoms with Gasteiger partial charge in [0.15, 0.2) is 0 Å². The van der Waals surface area contributed by atoms with Gasteiger partial charge in [0, 0.05) is 29.4 Å². The molecule has 0 unspecified atom stereocenters. The van der Waals surface area contributed by atoms with Gasteiger partial charge in [-0.1, -0.05) is 29.1 Å². The molecule has 0 saturated heterocycles. The first-order valence-corrected chi connectivity index (χ1v) is 7.61. The number of imidazole rings is 1. The SMILES string of the molecule is CCON=C(Cn1ccnc1)c1ccc(C#CC2CC2)cc1. The molecule has 0 aliphatic heterocycles. The second-order valence-corrected chi connectivity index (χ2v) is 5.31. The van der Waals surface area contributed by atoms with E-state index >= 15 is 0 Å². The molecule has 3 rings (SSSR count). The van der Waals surface area contributed by atoms with Crippen molar-refractivity contribution in [2.45, 2.75) is 26.3 Å². The average molecular weight is 293 g/mol. The minimum absolute atomic E-state index is 0.554. The van der Waals surface area contributed by atoms with Gasteiger partial charge in [-0.15, -0.1) is 0 Å². The third-order valence-electron chi connectivity index (χ3n) is 3.41. The summed E-state index contributed by atoms with van der Waals surface area (Å²) in [7, 11) is 0. The van der Waals surface area contributed by atoms with Crippen LogP contribution in [-0.4, -0.2) is 21.9 Å². The Labute approximate surface area is 130 Å². The van der Waals surface area contributed by atoms with E-state index in [1.54, 1.807) is 12.5 Å². The zero-order valence-electron chi connectivity index (χ0n) is 12.7. The molecule has 1 aromatic carbocycles. The monoisotopic (exact) mass is 293 g/mol. The van der Waals surface area contributed by atoms with Gasteiger partial charge < -0.3 is 9.40 Å². The van der Waals surface area contributed by atoms with Crippen molar-refractivity contribution in [1.29, 1.82) is 0 Å². The van der Waals surface area contributed by atoms with Gasteiger partial charge in [-0.25, -0.2) is 4.98 Å². The maximum atomic E-state index is 5.24. The Kier molecular flexibility index (Phi) is 4.55. The summed E-state index contributed by atoms with van der Waals surface area (Å²) in [6, 6.07) is 8.18. The summed E-state index contributed by atoms with van der Waals surface area (Å²) in [6.45, 7) is 3.11. The van der Waals surface area contributed by atoms with E-state index < -0.39 is 0 Å². The van der Waals surface area contributed by atoms with Crippen molar-refractivity contribution >= 4 is 5.71 Å². The summed E-state index contributed by atoms with van der Waals surface area (Å²) in [6.07, 6.45) is 7.95. The van der Waals surface area contributed by atoms with Gasteiger partial charge in [0.1, 0.15) is 12.3 Å². The number of benzene rings is 1. The van der Waals surface area contributed by atoms with Gasteiger partial charge in [0.05, 0.1) is 12.9 Å². The van der Waals surface area contributed by atoms with Crippen LogP contribution in [0.3, 0.4) is 0 Å². The summed E-state index contributed by atoms with van der Waals surface area (Å²) in [5.41, 5.74) is 2.97. The van der Waals surface area contributed by atoms with Gasteiger partial charge in [-0.3, -0.25) is 0 Å². The number of nitrogens with zero attached hydrogens (tertiary/aromatic N) is 3. The lowest BCUT2D eigenvalue weighted by atomic mass is 10.1. The quantitative estimate of drug-likeness (QED) is 0.483. The molecule has 0 spiro atoms. The van der Waals surface area contributed by atoms with Crippen LogP contribution in [0.1, 0.15) is 30.9 Å². The maximum Gasteiger partial charge on any atom is 0.114 e. The molecule has 1 aliphatic carbocycles. The third-order valence-corrected chi connectivity index (χ3v) is 3.41. The highest BCUT2D eigenvalue weighted by molar-refractivity contribution is 6.00. The van der Waals surface area contributed by atoms with Crippen LogP contribution in [0.25, 0.3) is 0 Å². The number of rotatable bonds is 5. The minimum atomic E-state index is 0.554. The highest BCUT2D eigenvalue weighted by Gasteiger charge is 2.17. The van der Waals surface area contributed by atoms with Crippen molar-refractivity contribution in [1.82, 2.24) is 9.55 Å². The Morgan fingerprint density at radius 2 is 2.18 bits per heavy atom. The Morgan fingerprint density at radius 3 is 2.82 bits per heavy atom. The fourth-order valence-corrected chi connectivity index (χ4v) is 2.03. The molecule has 0 radical (unpaired) electrons. The van der Waals surface area contributed by atoms with Crippen molar-refractivity contribution < 1.29 is 4.84 Å². The molecule has 1 heterocycles. The normalized spacial score (nSPS) is 14.3. The lowest BCUT2D eigenvalue weighted by molar-refractivity contribution is 0.158. The minimum Gasteiger partial charge on any atom is -0.396 e. The molecule has 0 atom stereocenters. The van der Waals surface area contributed by atoms with Crippen molar-refractivity contribution in [2.24, 2.45) is 11.1 Å². The molecule has 1 fully saturated rings.